The summed E-state index contributed by atoms with van der Waals surface area (Å²) in [6.07, 6.45) is 1.89. The number of hydrogen-bond acceptors (Lipinski definition) is 5. The Bertz CT molecular complexity index is 1010. The smallest absolute Gasteiger partial charge is 0.271 e. The number of carbonyl (C=O) groups excluding carboxylic acids is 2. The van der Waals surface area contributed by atoms with Gasteiger partial charge in [0.2, 0.25) is 0 Å². The summed E-state index contributed by atoms with van der Waals surface area (Å²) < 4.78 is 0. The molecule has 1 aromatic heterocycles. The van der Waals surface area contributed by atoms with Gasteiger partial charge in [0.25, 0.3) is 11.8 Å². The molecule has 136 valence electrons. The number of halogens is 1. The highest BCUT2D eigenvalue weighted by atomic mass is 35.5. The lowest BCUT2D eigenvalue weighted by molar-refractivity contribution is 0.0993. The Labute approximate surface area is 160 Å². The minimum Gasteiger partial charge on any atom is -0.382 e. The second-order valence-electron chi connectivity index (χ2n) is 5.80. The van der Waals surface area contributed by atoms with Gasteiger partial charge in [0.05, 0.1) is 11.9 Å². The highest BCUT2D eigenvalue weighted by Gasteiger charge is 2.11. The van der Waals surface area contributed by atoms with Crippen molar-refractivity contribution in [3.63, 3.8) is 0 Å². The third-order valence-electron chi connectivity index (χ3n) is 3.76. The molecule has 2 amide bonds. The van der Waals surface area contributed by atoms with Crippen LogP contribution in [0.4, 0.5) is 11.5 Å². The van der Waals surface area contributed by atoms with Crippen LogP contribution in [0.2, 0.25) is 5.02 Å². The molecule has 8 heteroatoms. The van der Waals surface area contributed by atoms with Crippen molar-refractivity contribution in [1.29, 1.82) is 0 Å². The SMILES string of the molecule is NC(=O)c1nc(Cc2cccc(NC(=O)c3ccc(Cl)cc3)c2)cnc1N. The van der Waals surface area contributed by atoms with E-state index >= 15 is 0 Å². The zero-order valence-corrected chi connectivity index (χ0v) is 14.9. The molecule has 0 aliphatic heterocycles. The van der Waals surface area contributed by atoms with Crippen LogP contribution in [0.1, 0.15) is 32.1 Å². The number of rotatable bonds is 5. The van der Waals surface area contributed by atoms with Crippen LogP contribution in [0, 0.1) is 0 Å². The van der Waals surface area contributed by atoms with Gasteiger partial charge in [-0.2, -0.15) is 0 Å². The quantitative estimate of drug-likeness (QED) is 0.626. The second kappa shape index (κ2) is 7.84. The largest absolute Gasteiger partial charge is 0.382 e. The third-order valence-corrected chi connectivity index (χ3v) is 4.01. The lowest BCUT2D eigenvalue weighted by Crippen LogP contribution is -2.17. The lowest BCUT2D eigenvalue weighted by Gasteiger charge is -2.08. The van der Waals surface area contributed by atoms with E-state index in [1.54, 1.807) is 30.3 Å². The minimum atomic E-state index is -0.731. The predicted molar refractivity (Wildman–Crippen MR) is 104 cm³/mol. The van der Waals surface area contributed by atoms with Crippen molar-refractivity contribution in [2.45, 2.75) is 6.42 Å². The molecule has 0 radical (unpaired) electrons. The van der Waals surface area contributed by atoms with E-state index < -0.39 is 5.91 Å². The summed E-state index contributed by atoms with van der Waals surface area (Å²) in [7, 11) is 0. The minimum absolute atomic E-state index is 0.00442. The van der Waals surface area contributed by atoms with Gasteiger partial charge in [-0.15, -0.1) is 0 Å². The van der Waals surface area contributed by atoms with E-state index in [0.717, 1.165) is 5.56 Å². The number of primary amides is 1. The normalized spacial score (nSPS) is 10.4. The molecule has 7 nitrogen and oxygen atoms in total. The number of nitrogens with zero attached hydrogens (tertiary/aromatic N) is 2. The van der Waals surface area contributed by atoms with Crippen LogP contribution in [0.15, 0.2) is 54.7 Å². The van der Waals surface area contributed by atoms with E-state index in [1.165, 1.54) is 6.20 Å². The van der Waals surface area contributed by atoms with E-state index in [4.69, 9.17) is 23.1 Å². The van der Waals surface area contributed by atoms with Crippen molar-refractivity contribution in [3.8, 4) is 0 Å². The van der Waals surface area contributed by atoms with Gasteiger partial charge in [-0.05, 0) is 42.0 Å². The van der Waals surface area contributed by atoms with Crippen molar-refractivity contribution >= 4 is 34.9 Å². The fourth-order valence-electron chi connectivity index (χ4n) is 2.47. The summed E-state index contributed by atoms with van der Waals surface area (Å²) >= 11 is 5.84. The van der Waals surface area contributed by atoms with Gasteiger partial charge in [-0.3, -0.25) is 9.59 Å². The van der Waals surface area contributed by atoms with Crippen LogP contribution in [-0.4, -0.2) is 21.8 Å². The third kappa shape index (κ3) is 4.59. The van der Waals surface area contributed by atoms with Crippen LogP contribution in [0.3, 0.4) is 0 Å². The molecule has 0 aliphatic carbocycles. The molecule has 0 aliphatic rings. The molecule has 1 heterocycles. The molecule has 0 saturated heterocycles. The fourth-order valence-corrected chi connectivity index (χ4v) is 2.60. The van der Waals surface area contributed by atoms with E-state index in [2.05, 4.69) is 15.3 Å². The molecule has 0 saturated carbocycles. The molecule has 27 heavy (non-hydrogen) atoms. The summed E-state index contributed by atoms with van der Waals surface area (Å²) in [5, 5.41) is 3.39. The summed E-state index contributed by atoms with van der Waals surface area (Å²) in [4.78, 5) is 31.8. The van der Waals surface area contributed by atoms with Crippen molar-refractivity contribution < 1.29 is 9.59 Å². The average Bonchev–Trinajstić information content (AvgIpc) is 2.64. The maximum Gasteiger partial charge on any atom is 0.271 e. The number of amides is 2. The van der Waals surface area contributed by atoms with Crippen LogP contribution < -0.4 is 16.8 Å². The summed E-state index contributed by atoms with van der Waals surface area (Å²) in [6, 6.07) is 13.9. The zero-order valence-electron chi connectivity index (χ0n) is 14.1. The van der Waals surface area contributed by atoms with Gasteiger partial charge in [-0.25, -0.2) is 9.97 Å². The van der Waals surface area contributed by atoms with E-state index in [9.17, 15) is 9.59 Å². The van der Waals surface area contributed by atoms with Crippen LogP contribution in [-0.2, 0) is 6.42 Å². The van der Waals surface area contributed by atoms with Crippen molar-refractivity contribution in [2.75, 3.05) is 11.1 Å². The van der Waals surface area contributed by atoms with Gasteiger partial charge in [0, 0.05) is 22.7 Å². The fraction of sp³-hybridized carbons (Fsp3) is 0.0526. The molecule has 3 rings (SSSR count). The summed E-state index contributed by atoms with van der Waals surface area (Å²) in [5.74, 6) is -0.979. The van der Waals surface area contributed by atoms with Crippen molar-refractivity contribution in [2.24, 2.45) is 5.73 Å². The first-order valence-corrected chi connectivity index (χ1v) is 8.37. The monoisotopic (exact) mass is 381 g/mol. The highest BCUT2D eigenvalue weighted by Crippen LogP contribution is 2.17. The Hall–Kier alpha value is -3.45. The number of carbonyl (C=O) groups is 2. The van der Waals surface area contributed by atoms with Crippen LogP contribution >= 0.6 is 11.6 Å². The highest BCUT2D eigenvalue weighted by molar-refractivity contribution is 6.30. The molecule has 0 unspecified atom stereocenters. The average molecular weight is 382 g/mol. The van der Waals surface area contributed by atoms with E-state index in [1.807, 2.05) is 18.2 Å². The van der Waals surface area contributed by atoms with Gasteiger partial charge in [-0.1, -0.05) is 23.7 Å². The number of nitrogens with one attached hydrogen (secondary N) is 1. The maximum atomic E-state index is 12.3. The predicted octanol–water partition coefficient (Wildman–Crippen LogP) is 2.65. The first kappa shape index (κ1) is 18.3. The Morgan fingerprint density at radius 2 is 1.85 bits per heavy atom. The molecule has 0 fully saturated rings. The van der Waals surface area contributed by atoms with Gasteiger partial charge in [0.15, 0.2) is 11.5 Å². The topological polar surface area (TPSA) is 124 Å². The number of anilines is 2. The van der Waals surface area contributed by atoms with E-state index in [-0.39, 0.29) is 17.4 Å². The standard InChI is InChI=1S/C19H16ClN5O2/c20-13-6-4-12(5-7-13)19(27)25-14-3-1-2-11(8-14)9-15-10-23-17(21)16(24-15)18(22)26/h1-8,10H,9H2,(H2,21,23)(H2,22,26)(H,25,27). The van der Waals surface area contributed by atoms with Crippen LogP contribution in [0.25, 0.3) is 0 Å². The van der Waals surface area contributed by atoms with Crippen LogP contribution in [0.5, 0.6) is 0 Å². The van der Waals surface area contributed by atoms with Crippen molar-refractivity contribution in [1.82, 2.24) is 9.97 Å². The molecule has 0 bridgehead atoms. The number of aromatic nitrogens is 2. The number of nitrogen functional groups attached to an aromatic ring is 1. The first-order chi connectivity index (χ1) is 12.9. The molecule has 0 spiro atoms. The molecule has 2 aromatic carbocycles. The van der Waals surface area contributed by atoms with Gasteiger partial charge in [0.1, 0.15) is 0 Å². The molecule has 3 aromatic rings. The Morgan fingerprint density at radius 3 is 2.56 bits per heavy atom. The Kier molecular flexibility index (Phi) is 5.33. The second-order valence-corrected chi connectivity index (χ2v) is 6.23. The summed E-state index contributed by atoms with van der Waals surface area (Å²) in [5.41, 5.74) is 13.3. The molecule has 0 atom stereocenters. The maximum absolute atomic E-state index is 12.3. The lowest BCUT2D eigenvalue weighted by atomic mass is 10.1. The Balaban J connectivity index is 1.76. The Morgan fingerprint density at radius 1 is 1.11 bits per heavy atom. The van der Waals surface area contributed by atoms with Crippen molar-refractivity contribution in [3.05, 3.63) is 82.3 Å². The zero-order chi connectivity index (χ0) is 19.4. The molecule has 5 N–H and O–H groups in total. The number of nitrogens with two attached hydrogens (primary N) is 2. The number of benzene rings is 2. The summed E-state index contributed by atoms with van der Waals surface area (Å²) in [6.45, 7) is 0. The molecular formula is C19H16ClN5O2. The van der Waals surface area contributed by atoms with E-state index in [0.29, 0.717) is 28.4 Å². The van der Waals surface area contributed by atoms with Gasteiger partial charge >= 0.3 is 0 Å². The number of hydrogen-bond donors (Lipinski definition) is 3. The first-order valence-electron chi connectivity index (χ1n) is 7.99. The molecular weight excluding hydrogens is 366 g/mol. The van der Waals surface area contributed by atoms with Gasteiger partial charge < -0.3 is 16.8 Å².